The molecule has 8 heteroatoms. The van der Waals surface area contributed by atoms with E-state index in [-0.39, 0.29) is 28.1 Å². The minimum Gasteiger partial charge on any atom is -0.493 e. The van der Waals surface area contributed by atoms with Crippen LogP contribution in [0.25, 0.3) is 27.6 Å². The number of ether oxygens (including phenoxy) is 2. The quantitative estimate of drug-likeness (QED) is 0.320. The summed E-state index contributed by atoms with van der Waals surface area (Å²) in [5.41, 5.74) is 1.69. The minimum absolute atomic E-state index is 0.257. The highest BCUT2D eigenvalue weighted by molar-refractivity contribution is 6.35. The second-order valence-electron chi connectivity index (χ2n) is 7.79. The van der Waals surface area contributed by atoms with Crippen molar-refractivity contribution < 1.29 is 18.8 Å². The molecule has 0 radical (unpaired) electrons. The van der Waals surface area contributed by atoms with Gasteiger partial charge in [-0.15, -0.1) is 0 Å². The van der Waals surface area contributed by atoms with Crippen LogP contribution in [0.2, 0.25) is 5.02 Å². The SMILES string of the molecule is COc1cc2c(C(=O)c3ccccc3Cl)cn(-c3noc4ccc(C)cc34)c(=O)c2cc1OC. The van der Waals surface area contributed by atoms with E-state index >= 15 is 0 Å². The van der Waals surface area contributed by atoms with Crippen molar-refractivity contribution in [2.45, 2.75) is 6.92 Å². The minimum atomic E-state index is -0.386. The molecule has 3 aromatic carbocycles. The molecule has 0 unspecified atom stereocenters. The van der Waals surface area contributed by atoms with Crippen molar-refractivity contribution in [3.05, 3.63) is 92.9 Å². The molecule has 2 aromatic heterocycles. The zero-order valence-electron chi connectivity index (χ0n) is 18.6. The molecular weight excluding hydrogens is 456 g/mol. The lowest BCUT2D eigenvalue weighted by molar-refractivity contribution is 0.104. The number of carbonyl (C=O) groups is 1. The monoisotopic (exact) mass is 474 g/mol. The highest BCUT2D eigenvalue weighted by Gasteiger charge is 2.23. The van der Waals surface area contributed by atoms with Crippen LogP contribution < -0.4 is 15.0 Å². The fourth-order valence-corrected chi connectivity index (χ4v) is 4.23. The van der Waals surface area contributed by atoms with E-state index in [0.29, 0.717) is 38.4 Å². The van der Waals surface area contributed by atoms with Crippen LogP contribution in [0.15, 0.2) is 70.1 Å². The molecule has 0 aliphatic heterocycles. The van der Waals surface area contributed by atoms with E-state index in [9.17, 15) is 9.59 Å². The van der Waals surface area contributed by atoms with Crippen LogP contribution in [0.5, 0.6) is 11.5 Å². The Morgan fingerprint density at radius 3 is 2.35 bits per heavy atom. The summed E-state index contributed by atoms with van der Waals surface area (Å²) < 4.78 is 17.6. The van der Waals surface area contributed by atoms with Crippen molar-refractivity contribution in [2.24, 2.45) is 0 Å². The molecule has 170 valence electrons. The second-order valence-corrected chi connectivity index (χ2v) is 8.19. The smallest absolute Gasteiger partial charge is 0.264 e. The van der Waals surface area contributed by atoms with Gasteiger partial charge in [0.05, 0.1) is 30.0 Å². The highest BCUT2D eigenvalue weighted by Crippen LogP contribution is 2.34. The molecule has 0 atom stereocenters. The van der Waals surface area contributed by atoms with Crippen LogP contribution in [0, 0.1) is 6.92 Å². The van der Waals surface area contributed by atoms with Gasteiger partial charge in [0.25, 0.3) is 5.56 Å². The number of halogens is 1. The van der Waals surface area contributed by atoms with E-state index in [4.69, 9.17) is 25.6 Å². The summed E-state index contributed by atoms with van der Waals surface area (Å²) in [6.45, 7) is 1.93. The van der Waals surface area contributed by atoms with E-state index in [1.165, 1.54) is 25.0 Å². The Morgan fingerprint density at radius 2 is 1.65 bits per heavy atom. The van der Waals surface area contributed by atoms with Crippen molar-refractivity contribution in [3.63, 3.8) is 0 Å². The molecule has 0 aliphatic rings. The third kappa shape index (κ3) is 3.41. The fourth-order valence-electron chi connectivity index (χ4n) is 4.01. The standard InChI is InChI=1S/C26H19ClN2O5/c1-14-8-9-21-18(10-14)25(28-34-21)29-13-19(24(30)15-6-4-5-7-20(15)27)16-11-22(32-2)23(33-3)12-17(16)26(29)31/h4-13H,1-3H3. The molecule has 0 fully saturated rings. The van der Waals surface area contributed by atoms with Gasteiger partial charge in [0.1, 0.15) is 0 Å². The summed E-state index contributed by atoms with van der Waals surface area (Å²) in [5.74, 6) is 0.693. The van der Waals surface area contributed by atoms with Gasteiger partial charge in [-0.1, -0.05) is 40.5 Å². The number of methoxy groups -OCH3 is 2. The molecule has 34 heavy (non-hydrogen) atoms. The zero-order chi connectivity index (χ0) is 24.0. The van der Waals surface area contributed by atoms with Crippen LogP contribution in [-0.2, 0) is 0 Å². The van der Waals surface area contributed by atoms with Gasteiger partial charge in [-0.05, 0) is 43.3 Å². The summed E-state index contributed by atoms with van der Waals surface area (Å²) in [5, 5.41) is 5.77. The number of rotatable bonds is 5. The lowest BCUT2D eigenvalue weighted by Gasteiger charge is -2.14. The molecule has 0 saturated heterocycles. The fraction of sp³-hybridized carbons (Fsp3) is 0.115. The number of benzene rings is 3. The average Bonchev–Trinajstić information content (AvgIpc) is 3.26. The van der Waals surface area contributed by atoms with Crippen LogP contribution in [0.3, 0.4) is 0 Å². The molecule has 0 amide bonds. The molecule has 0 N–H and O–H groups in total. The zero-order valence-corrected chi connectivity index (χ0v) is 19.3. The van der Waals surface area contributed by atoms with Crippen molar-refractivity contribution >= 4 is 39.1 Å². The molecule has 5 aromatic rings. The van der Waals surface area contributed by atoms with Gasteiger partial charge in [0.15, 0.2) is 28.7 Å². The molecule has 0 aliphatic carbocycles. The van der Waals surface area contributed by atoms with Gasteiger partial charge >= 0.3 is 0 Å². The first-order chi connectivity index (χ1) is 16.4. The van der Waals surface area contributed by atoms with Gasteiger partial charge in [0.2, 0.25) is 0 Å². The molecule has 0 bridgehead atoms. The predicted molar refractivity (Wildman–Crippen MR) is 130 cm³/mol. The molecule has 5 rings (SSSR count). The molecular formula is C26H19ClN2O5. The number of fused-ring (bicyclic) bond motifs is 2. The number of ketones is 1. The van der Waals surface area contributed by atoms with Crippen molar-refractivity contribution in [2.75, 3.05) is 14.2 Å². The summed E-state index contributed by atoms with van der Waals surface area (Å²) in [4.78, 5) is 27.3. The number of hydrogen-bond acceptors (Lipinski definition) is 6. The van der Waals surface area contributed by atoms with Gasteiger partial charge in [0, 0.05) is 22.7 Å². The number of aromatic nitrogens is 2. The van der Waals surface area contributed by atoms with Gasteiger partial charge in [-0.3, -0.25) is 14.2 Å². The van der Waals surface area contributed by atoms with E-state index in [2.05, 4.69) is 5.16 Å². The Morgan fingerprint density at radius 1 is 0.941 bits per heavy atom. The Balaban J connectivity index is 1.88. The topological polar surface area (TPSA) is 83.6 Å². The van der Waals surface area contributed by atoms with E-state index in [1.807, 2.05) is 19.1 Å². The average molecular weight is 475 g/mol. The van der Waals surface area contributed by atoms with Crippen molar-refractivity contribution in [1.82, 2.24) is 9.72 Å². The Kier molecular flexibility index (Phi) is 5.34. The Hall–Kier alpha value is -4.10. The lowest BCUT2D eigenvalue weighted by atomic mass is 9.98. The highest BCUT2D eigenvalue weighted by atomic mass is 35.5. The van der Waals surface area contributed by atoms with Crippen LogP contribution in [-0.4, -0.2) is 29.7 Å². The summed E-state index contributed by atoms with van der Waals surface area (Å²) in [6.07, 6.45) is 1.47. The van der Waals surface area contributed by atoms with Crippen LogP contribution in [0.1, 0.15) is 21.5 Å². The summed E-state index contributed by atoms with van der Waals surface area (Å²) >= 11 is 6.33. The molecule has 0 spiro atoms. The first-order valence-electron chi connectivity index (χ1n) is 10.4. The molecule has 7 nitrogen and oxygen atoms in total. The third-order valence-corrected chi connectivity index (χ3v) is 6.05. The van der Waals surface area contributed by atoms with Gasteiger partial charge in [-0.25, -0.2) is 0 Å². The van der Waals surface area contributed by atoms with E-state index in [1.54, 1.807) is 42.5 Å². The van der Waals surface area contributed by atoms with Crippen molar-refractivity contribution in [1.29, 1.82) is 0 Å². The third-order valence-electron chi connectivity index (χ3n) is 5.72. The largest absolute Gasteiger partial charge is 0.493 e. The number of pyridine rings is 1. The van der Waals surface area contributed by atoms with E-state index in [0.717, 1.165) is 5.56 Å². The first-order valence-corrected chi connectivity index (χ1v) is 10.8. The van der Waals surface area contributed by atoms with Gasteiger partial charge in [-0.2, -0.15) is 0 Å². The predicted octanol–water partition coefficient (Wildman–Crippen LogP) is 5.34. The number of hydrogen-bond donors (Lipinski definition) is 0. The Labute approximate surface area is 199 Å². The number of nitrogens with zero attached hydrogens (tertiary/aromatic N) is 2. The van der Waals surface area contributed by atoms with Crippen molar-refractivity contribution in [3.8, 4) is 17.3 Å². The van der Waals surface area contributed by atoms with Gasteiger partial charge < -0.3 is 14.0 Å². The summed E-state index contributed by atoms with van der Waals surface area (Å²) in [6, 6.07) is 15.5. The van der Waals surface area contributed by atoms with Crippen LogP contribution >= 0.6 is 11.6 Å². The molecule has 2 heterocycles. The number of carbonyl (C=O) groups excluding carboxylic acids is 1. The maximum Gasteiger partial charge on any atom is 0.264 e. The second kappa shape index (κ2) is 8.35. The molecule has 0 saturated carbocycles. The number of aryl methyl sites for hydroxylation is 1. The van der Waals surface area contributed by atoms with E-state index < -0.39 is 0 Å². The summed E-state index contributed by atoms with van der Waals surface area (Å²) in [7, 11) is 2.97. The van der Waals surface area contributed by atoms with Crippen LogP contribution in [0.4, 0.5) is 0 Å². The first kappa shape index (κ1) is 21.7. The Bertz CT molecular complexity index is 1650. The lowest BCUT2D eigenvalue weighted by Crippen LogP contribution is -2.21. The maximum atomic E-state index is 13.7. The maximum absolute atomic E-state index is 13.7. The normalized spacial score (nSPS) is 11.2.